The molecule has 0 radical (unpaired) electrons. The molecule has 5 heteroatoms. The van der Waals surface area contributed by atoms with Crippen molar-refractivity contribution >= 4 is 17.5 Å². The van der Waals surface area contributed by atoms with E-state index in [1.807, 2.05) is 35.8 Å². The molecule has 2 aromatic rings. The smallest absolute Gasteiger partial charge is 0.269 e. The summed E-state index contributed by atoms with van der Waals surface area (Å²) < 4.78 is 1.85. The Hall–Kier alpha value is -1.81. The van der Waals surface area contributed by atoms with Crippen LogP contribution in [0, 0.1) is 6.92 Å². The van der Waals surface area contributed by atoms with Crippen LogP contribution in [0.4, 0.5) is 0 Å². The minimum absolute atomic E-state index is 0.303. The first-order valence-electron chi connectivity index (χ1n) is 5.14. The third-order valence-electron chi connectivity index (χ3n) is 2.63. The average Bonchev–Trinajstić information content (AvgIpc) is 2.64. The maximum Gasteiger partial charge on any atom is 0.269 e. The number of rotatable bonds is 3. The highest BCUT2D eigenvalue weighted by Gasteiger charge is 2.12. The highest BCUT2D eigenvalue weighted by atomic mass is 35.5. The molecule has 0 atom stereocenters. The van der Waals surface area contributed by atoms with Crippen molar-refractivity contribution in [3.63, 3.8) is 0 Å². The van der Waals surface area contributed by atoms with Crippen molar-refractivity contribution in [2.24, 2.45) is 5.73 Å². The van der Waals surface area contributed by atoms with E-state index in [-0.39, 0.29) is 0 Å². The number of amides is 1. The fraction of sp³-hybridized carbons (Fsp3) is 0.167. The molecule has 0 saturated carbocycles. The van der Waals surface area contributed by atoms with Crippen LogP contribution in [0.2, 0.25) is 5.02 Å². The van der Waals surface area contributed by atoms with Gasteiger partial charge in [-0.25, -0.2) is 4.98 Å². The van der Waals surface area contributed by atoms with Gasteiger partial charge in [0, 0.05) is 10.7 Å². The van der Waals surface area contributed by atoms with Gasteiger partial charge < -0.3 is 10.3 Å². The summed E-state index contributed by atoms with van der Waals surface area (Å²) in [5.41, 5.74) is 7.24. The second-order valence-electron chi connectivity index (χ2n) is 3.76. The quantitative estimate of drug-likeness (QED) is 0.904. The highest BCUT2D eigenvalue weighted by Crippen LogP contribution is 2.17. The van der Waals surface area contributed by atoms with Crippen molar-refractivity contribution in [1.29, 1.82) is 0 Å². The average molecular weight is 250 g/mol. The standard InChI is InChI=1S/C12H12ClN3O/c1-8-11(12(14)17)15-7-16(8)6-9-4-2-3-5-10(9)13/h2-5,7H,6H2,1H3,(H2,14,17). The van der Waals surface area contributed by atoms with Crippen molar-refractivity contribution < 1.29 is 4.79 Å². The number of hydrogen-bond acceptors (Lipinski definition) is 2. The molecule has 17 heavy (non-hydrogen) atoms. The molecule has 0 aliphatic carbocycles. The molecule has 0 unspecified atom stereocenters. The number of carbonyl (C=O) groups excluding carboxylic acids is 1. The van der Waals surface area contributed by atoms with Crippen molar-refractivity contribution in [2.75, 3.05) is 0 Å². The van der Waals surface area contributed by atoms with E-state index in [1.165, 1.54) is 0 Å². The van der Waals surface area contributed by atoms with E-state index in [4.69, 9.17) is 17.3 Å². The molecule has 1 heterocycles. The molecule has 2 rings (SSSR count). The van der Waals surface area contributed by atoms with E-state index in [0.29, 0.717) is 17.3 Å². The zero-order valence-electron chi connectivity index (χ0n) is 9.35. The van der Waals surface area contributed by atoms with E-state index in [0.717, 1.165) is 11.3 Å². The lowest BCUT2D eigenvalue weighted by Crippen LogP contribution is -2.13. The number of primary amides is 1. The Kier molecular flexibility index (Phi) is 3.15. The number of benzene rings is 1. The molecule has 4 nitrogen and oxygen atoms in total. The van der Waals surface area contributed by atoms with Crippen molar-refractivity contribution in [3.05, 3.63) is 52.6 Å². The summed E-state index contributed by atoms with van der Waals surface area (Å²) in [5.74, 6) is -0.514. The van der Waals surface area contributed by atoms with Gasteiger partial charge in [0.05, 0.1) is 12.9 Å². The van der Waals surface area contributed by atoms with Crippen LogP contribution in [-0.4, -0.2) is 15.5 Å². The summed E-state index contributed by atoms with van der Waals surface area (Å²) in [7, 11) is 0. The second kappa shape index (κ2) is 4.59. The molecule has 0 bridgehead atoms. The van der Waals surface area contributed by atoms with Gasteiger partial charge in [-0.3, -0.25) is 4.79 Å². The minimum atomic E-state index is -0.514. The van der Waals surface area contributed by atoms with Gasteiger partial charge in [-0.2, -0.15) is 0 Å². The Bertz CT molecular complexity index is 563. The lowest BCUT2D eigenvalue weighted by Gasteiger charge is -2.07. The van der Waals surface area contributed by atoms with E-state index in [1.54, 1.807) is 6.33 Å². The van der Waals surface area contributed by atoms with Gasteiger partial charge in [-0.1, -0.05) is 29.8 Å². The van der Waals surface area contributed by atoms with E-state index < -0.39 is 5.91 Å². The summed E-state index contributed by atoms with van der Waals surface area (Å²) in [5, 5.41) is 0.696. The first kappa shape index (κ1) is 11.7. The van der Waals surface area contributed by atoms with Crippen LogP contribution in [0.3, 0.4) is 0 Å². The van der Waals surface area contributed by atoms with Crippen molar-refractivity contribution in [3.8, 4) is 0 Å². The maximum absolute atomic E-state index is 11.1. The Labute approximate surface area is 104 Å². The fourth-order valence-corrected chi connectivity index (χ4v) is 1.85. The first-order chi connectivity index (χ1) is 8.09. The second-order valence-corrected chi connectivity index (χ2v) is 4.17. The first-order valence-corrected chi connectivity index (χ1v) is 5.52. The van der Waals surface area contributed by atoms with Crippen LogP contribution in [0.1, 0.15) is 21.7 Å². The van der Waals surface area contributed by atoms with Gasteiger partial charge in [-0.05, 0) is 18.6 Å². The lowest BCUT2D eigenvalue weighted by atomic mass is 10.2. The Morgan fingerprint density at radius 1 is 1.47 bits per heavy atom. The highest BCUT2D eigenvalue weighted by molar-refractivity contribution is 6.31. The van der Waals surface area contributed by atoms with Crippen LogP contribution >= 0.6 is 11.6 Å². The normalized spacial score (nSPS) is 10.5. The molecule has 0 fully saturated rings. The molecule has 1 aromatic carbocycles. The predicted octanol–water partition coefficient (Wildman–Crippen LogP) is 1.99. The number of carbonyl (C=O) groups is 1. The number of aromatic nitrogens is 2. The number of nitrogens with zero attached hydrogens (tertiary/aromatic N) is 2. The molecule has 2 N–H and O–H groups in total. The zero-order valence-corrected chi connectivity index (χ0v) is 10.1. The Morgan fingerprint density at radius 3 is 2.76 bits per heavy atom. The zero-order chi connectivity index (χ0) is 12.4. The van der Waals surface area contributed by atoms with Gasteiger partial charge >= 0.3 is 0 Å². The Balaban J connectivity index is 2.31. The van der Waals surface area contributed by atoms with Crippen LogP contribution in [-0.2, 0) is 6.54 Å². The fourth-order valence-electron chi connectivity index (χ4n) is 1.65. The SMILES string of the molecule is Cc1c(C(N)=O)ncn1Cc1ccccc1Cl. The van der Waals surface area contributed by atoms with Crippen molar-refractivity contribution in [2.45, 2.75) is 13.5 Å². The van der Waals surface area contributed by atoms with Crippen molar-refractivity contribution in [1.82, 2.24) is 9.55 Å². The predicted molar refractivity (Wildman–Crippen MR) is 66.0 cm³/mol. The molecule has 88 valence electrons. The number of hydrogen-bond donors (Lipinski definition) is 1. The molecule has 0 saturated heterocycles. The van der Waals surface area contributed by atoms with E-state index in [9.17, 15) is 4.79 Å². The molecular weight excluding hydrogens is 238 g/mol. The molecule has 0 spiro atoms. The minimum Gasteiger partial charge on any atom is -0.364 e. The van der Waals surface area contributed by atoms with Crippen LogP contribution in [0.25, 0.3) is 0 Å². The number of halogens is 1. The summed E-state index contributed by atoms with van der Waals surface area (Å²) in [6.45, 7) is 2.38. The van der Waals surface area contributed by atoms with Crippen LogP contribution in [0.15, 0.2) is 30.6 Å². The molecule has 0 aliphatic heterocycles. The van der Waals surface area contributed by atoms with Crippen LogP contribution < -0.4 is 5.73 Å². The lowest BCUT2D eigenvalue weighted by molar-refractivity contribution is 0.0995. The maximum atomic E-state index is 11.1. The third-order valence-corrected chi connectivity index (χ3v) is 3.00. The van der Waals surface area contributed by atoms with Gasteiger partial charge in [0.25, 0.3) is 5.91 Å². The monoisotopic (exact) mass is 249 g/mol. The van der Waals surface area contributed by atoms with Crippen LogP contribution in [0.5, 0.6) is 0 Å². The van der Waals surface area contributed by atoms with Gasteiger partial charge in [0.1, 0.15) is 5.69 Å². The summed E-state index contributed by atoms with van der Waals surface area (Å²) >= 11 is 6.07. The van der Waals surface area contributed by atoms with Gasteiger partial charge in [0.2, 0.25) is 0 Å². The van der Waals surface area contributed by atoms with Gasteiger partial charge in [0.15, 0.2) is 0 Å². The van der Waals surface area contributed by atoms with Gasteiger partial charge in [-0.15, -0.1) is 0 Å². The number of nitrogens with two attached hydrogens (primary N) is 1. The third kappa shape index (κ3) is 2.31. The molecule has 1 aromatic heterocycles. The molecular formula is C12H12ClN3O. The van der Waals surface area contributed by atoms with E-state index >= 15 is 0 Å². The summed E-state index contributed by atoms with van der Waals surface area (Å²) in [4.78, 5) is 15.1. The topological polar surface area (TPSA) is 60.9 Å². The molecule has 1 amide bonds. The van der Waals surface area contributed by atoms with E-state index in [2.05, 4.69) is 4.98 Å². The Morgan fingerprint density at radius 2 is 2.18 bits per heavy atom. The summed E-state index contributed by atoms with van der Waals surface area (Å²) in [6.07, 6.45) is 1.60. The summed E-state index contributed by atoms with van der Waals surface area (Å²) in [6, 6.07) is 7.56. The largest absolute Gasteiger partial charge is 0.364 e. The number of imidazole rings is 1. The molecule has 0 aliphatic rings.